The maximum absolute atomic E-state index is 11.2. The predicted molar refractivity (Wildman–Crippen MR) is 78.3 cm³/mol. The molecule has 1 heterocycles. The molecule has 0 unspecified atom stereocenters. The third-order valence-corrected chi connectivity index (χ3v) is 3.96. The molecule has 100 valence electrons. The molecule has 0 radical (unpaired) electrons. The number of rotatable bonds is 2. The molecule has 0 aliphatic rings. The number of carboxylic acid groups (broad SMARTS) is 1. The molecule has 3 rings (SSSR count). The molecule has 1 N–H and O–H groups in total. The van der Waals surface area contributed by atoms with Gasteiger partial charge >= 0.3 is 5.97 Å². The van der Waals surface area contributed by atoms with E-state index in [0.29, 0.717) is 11.0 Å². The second kappa shape index (κ2) is 4.72. The highest BCUT2D eigenvalue weighted by Crippen LogP contribution is 2.23. The number of aromatic carboxylic acids is 1. The van der Waals surface area contributed by atoms with Crippen LogP contribution in [0.25, 0.3) is 16.7 Å². The van der Waals surface area contributed by atoms with Crippen LogP contribution in [-0.4, -0.2) is 26.1 Å². The fourth-order valence-electron chi connectivity index (χ4n) is 2.02. The van der Waals surface area contributed by atoms with E-state index >= 15 is 0 Å². The quantitative estimate of drug-likeness (QED) is 0.783. The lowest BCUT2D eigenvalue weighted by Gasteiger charge is -2.05. The van der Waals surface area contributed by atoms with Gasteiger partial charge in [-0.1, -0.05) is 33.3 Å². The third kappa shape index (κ3) is 1.98. The van der Waals surface area contributed by atoms with Crippen LogP contribution in [0.5, 0.6) is 0 Å². The Bertz CT molecular complexity index is 826. The molecule has 0 fully saturated rings. The molecule has 0 atom stereocenters. The Kier molecular flexibility index (Phi) is 3.02. The molecular formula is C14H10BrN3O2. The number of carboxylic acids is 1. The van der Waals surface area contributed by atoms with Crippen molar-refractivity contribution < 1.29 is 9.90 Å². The van der Waals surface area contributed by atoms with Crippen molar-refractivity contribution >= 4 is 32.9 Å². The molecule has 0 amide bonds. The zero-order valence-corrected chi connectivity index (χ0v) is 12.1. The average Bonchev–Trinajstić information content (AvgIpc) is 2.85. The number of aryl methyl sites for hydroxylation is 1. The highest BCUT2D eigenvalue weighted by molar-refractivity contribution is 9.10. The number of benzene rings is 2. The van der Waals surface area contributed by atoms with E-state index in [1.165, 1.54) is 6.07 Å². The predicted octanol–water partition coefficient (Wildman–Crippen LogP) is 3.19. The van der Waals surface area contributed by atoms with E-state index in [9.17, 15) is 4.79 Å². The Morgan fingerprint density at radius 1 is 1.30 bits per heavy atom. The number of hydrogen-bond donors (Lipinski definition) is 1. The van der Waals surface area contributed by atoms with Crippen LogP contribution in [0.3, 0.4) is 0 Å². The van der Waals surface area contributed by atoms with Crippen LogP contribution in [0.4, 0.5) is 0 Å². The summed E-state index contributed by atoms with van der Waals surface area (Å²) >= 11 is 3.48. The van der Waals surface area contributed by atoms with Crippen molar-refractivity contribution in [3.05, 3.63) is 52.0 Å². The summed E-state index contributed by atoms with van der Waals surface area (Å²) in [6.45, 7) is 2.00. The van der Waals surface area contributed by atoms with E-state index in [1.807, 2.05) is 25.1 Å². The van der Waals surface area contributed by atoms with E-state index < -0.39 is 5.97 Å². The van der Waals surface area contributed by atoms with E-state index in [2.05, 4.69) is 26.2 Å². The lowest BCUT2D eigenvalue weighted by molar-refractivity contribution is 0.0699. The smallest absolute Gasteiger partial charge is 0.338 e. The molecule has 20 heavy (non-hydrogen) atoms. The monoisotopic (exact) mass is 331 g/mol. The highest BCUT2D eigenvalue weighted by Gasteiger charge is 2.14. The SMILES string of the molecule is Cc1ccc(-n2nnc3c(C(=O)O)cccc32)cc1Br. The summed E-state index contributed by atoms with van der Waals surface area (Å²) in [6.07, 6.45) is 0. The van der Waals surface area contributed by atoms with Crippen LogP contribution in [0.1, 0.15) is 15.9 Å². The number of nitrogens with zero attached hydrogens (tertiary/aromatic N) is 3. The molecule has 6 heteroatoms. The lowest BCUT2D eigenvalue weighted by atomic mass is 10.2. The maximum atomic E-state index is 11.2. The van der Waals surface area contributed by atoms with Crippen molar-refractivity contribution in [1.29, 1.82) is 0 Å². The molecule has 0 spiro atoms. The Hall–Kier alpha value is -2.21. The lowest BCUT2D eigenvalue weighted by Crippen LogP contribution is -1.98. The van der Waals surface area contributed by atoms with E-state index in [-0.39, 0.29) is 5.56 Å². The molecule has 5 nitrogen and oxygen atoms in total. The van der Waals surface area contributed by atoms with Gasteiger partial charge in [0.05, 0.1) is 16.8 Å². The first-order valence-corrected chi connectivity index (χ1v) is 6.71. The fraction of sp³-hybridized carbons (Fsp3) is 0.0714. The molecule has 0 bridgehead atoms. The van der Waals surface area contributed by atoms with Gasteiger partial charge in [-0.3, -0.25) is 0 Å². The van der Waals surface area contributed by atoms with Gasteiger partial charge in [0.15, 0.2) is 0 Å². The van der Waals surface area contributed by atoms with Crippen LogP contribution in [0.2, 0.25) is 0 Å². The zero-order valence-electron chi connectivity index (χ0n) is 10.5. The Labute approximate surface area is 123 Å². The minimum absolute atomic E-state index is 0.153. The van der Waals surface area contributed by atoms with Gasteiger partial charge in [0.25, 0.3) is 0 Å². The maximum Gasteiger partial charge on any atom is 0.338 e. The first-order chi connectivity index (χ1) is 9.58. The average molecular weight is 332 g/mol. The van der Waals surface area contributed by atoms with Gasteiger partial charge in [0.1, 0.15) is 5.52 Å². The Morgan fingerprint density at radius 3 is 2.80 bits per heavy atom. The summed E-state index contributed by atoms with van der Waals surface area (Å²) in [5.41, 5.74) is 3.15. The van der Waals surface area contributed by atoms with Gasteiger partial charge in [-0.2, -0.15) is 0 Å². The zero-order chi connectivity index (χ0) is 14.3. The van der Waals surface area contributed by atoms with E-state index in [0.717, 1.165) is 15.7 Å². The molecular weight excluding hydrogens is 322 g/mol. The molecule has 0 aliphatic carbocycles. The van der Waals surface area contributed by atoms with Crippen molar-refractivity contribution in [2.45, 2.75) is 6.92 Å². The summed E-state index contributed by atoms with van der Waals surface area (Å²) in [6, 6.07) is 10.8. The Morgan fingerprint density at radius 2 is 2.10 bits per heavy atom. The van der Waals surface area contributed by atoms with Gasteiger partial charge in [-0.05, 0) is 36.8 Å². The van der Waals surface area contributed by atoms with E-state index in [1.54, 1.807) is 16.8 Å². The number of fused-ring (bicyclic) bond motifs is 1. The fourth-order valence-corrected chi connectivity index (χ4v) is 2.39. The van der Waals surface area contributed by atoms with Crippen molar-refractivity contribution in [2.24, 2.45) is 0 Å². The summed E-state index contributed by atoms with van der Waals surface area (Å²) in [4.78, 5) is 11.2. The standard InChI is InChI=1S/C14H10BrN3O2/c1-8-5-6-9(7-11(8)15)18-12-4-2-3-10(14(19)20)13(12)16-17-18/h2-7H,1H3,(H,19,20). The molecule has 0 aliphatic heterocycles. The largest absolute Gasteiger partial charge is 0.478 e. The van der Waals surface area contributed by atoms with Crippen LogP contribution in [0.15, 0.2) is 40.9 Å². The highest BCUT2D eigenvalue weighted by atomic mass is 79.9. The van der Waals surface area contributed by atoms with E-state index in [4.69, 9.17) is 5.11 Å². The minimum Gasteiger partial charge on any atom is -0.478 e. The van der Waals surface area contributed by atoms with Crippen molar-refractivity contribution in [3.8, 4) is 5.69 Å². The normalized spacial score (nSPS) is 10.9. The number of halogens is 1. The van der Waals surface area contributed by atoms with Crippen LogP contribution in [-0.2, 0) is 0 Å². The molecule has 2 aromatic carbocycles. The minimum atomic E-state index is -1.01. The van der Waals surface area contributed by atoms with Gasteiger partial charge < -0.3 is 5.11 Å². The van der Waals surface area contributed by atoms with Crippen LogP contribution in [0, 0.1) is 6.92 Å². The summed E-state index contributed by atoms with van der Waals surface area (Å²) in [5, 5.41) is 17.2. The van der Waals surface area contributed by atoms with Crippen molar-refractivity contribution in [1.82, 2.24) is 15.0 Å². The third-order valence-electron chi connectivity index (χ3n) is 3.11. The topological polar surface area (TPSA) is 68.0 Å². The number of carbonyl (C=O) groups is 1. The molecule has 3 aromatic rings. The summed E-state index contributed by atoms with van der Waals surface area (Å²) in [7, 11) is 0. The van der Waals surface area contributed by atoms with Gasteiger partial charge in [-0.25, -0.2) is 9.48 Å². The summed E-state index contributed by atoms with van der Waals surface area (Å²) in [5.74, 6) is -1.01. The number of hydrogen-bond acceptors (Lipinski definition) is 3. The van der Waals surface area contributed by atoms with Crippen LogP contribution >= 0.6 is 15.9 Å². The van der Waals surface area contributed by atoms with Crippen molar-refractivity contribution in [3.63, 3.8) is 0 Å². The summed E-state index contributed by atoms with van der Waals surface area (Å²) < 4.78 is 2.60. The second-order valence-electron chi connectivity index (χ2n) is 4.41. The first kappa shape index (κ1) is 12.8. The second-order valence-corrected chi connectivity index (χ2v) is 5.27. The van der Waals surface area contributed by atoms with Crippen LogP contribution < -0.4 is 0 Å². The number of aromatic nitrogens is 3. The first-order valence-electron chi connectivity index (χ1n) is 5.92. The van der Waals surface area contributed by atoms with Gasteiger partial charge in [-0.15, -0.1) is 5.10 Å². The Balaban J connectivity index is 2.25. The van der Waals surface area contributed by atoms with Gasteiger partial charge in [0.2, 0.25) is 0 Å². The molecule has 0 saturated carbocycles. The molecule has 1 aromatic heterocycles. The molecule has 0 saturated heterocycles. The van der Waals surface area contributed by atoms with Gasteiger partial charge in [0, 0.05) is 4.47 Å². The van der Waals surface area contributed by atoms with Crippen molar-refractivity contribution in [2.75, 3.05) is 0 Å².